The van der Waals surface area contributed by atoms with Crippen LogP contribution in [0.4, 0.5) is 0 Å². The van der Waals surface area contributed by atoms with Crippen molar-refractivity contribution in [3.05, 3.63) is 59.9 Å². The van der Waals surface area contributed by atoms with Gasteiger partial charge in [-0.25, -0.2) is 0 Å². The summed E-state index contributed by atoms with van der Waals surface area (Å²) in [5.74, 6) is 0.780. The molecule has 4 nitrogen and oxygen atoms in total. The molecule has 3 aromatic rings. The number of aliphatic hydroxyl groups excluding tert-OH is 1. The average molecular weight is 333 g/mol. The molecule has 0 bridgehead atoms. The summed E-state index contributed by atoms with van der Waals surface area (Å²) in [7, 11) is 0. The number of nitrogens with one attached hydrogen (secondary N) is 1. The number of fused-ring (bicyclic) bond motifs is 1. The van der Waals surface area contributed by atoms with Crippen molar-refractivity contribution in [3.63, 3.8) is 0 Å². The van der Waals surface area contributed by atoms with Crippen molar-refractivity contribution < 1.29 is 26.9 Å². The summed E-state index contributed by atoms with van der Waals surface area (Å²) in [5, 5.41) is 15.7. The Morgan fingerprint density at radius 1 is 1.09 bits per heavy atom. The summed E-state index contributed by atoms with van der Waals surface area (Å²) in [6, 6.07) is 16.2. The fraction of sp³-hybridized carbons (Fsp3) is 0.278. The van der Waals surface area contributed by atoms with Gasteiger partial charge in [0.15, 0.2) is 0 Å². The van der Waals surface area contributed by atoms with Crippen LogP contribution in [0.5, 0.6) is 5.75 Å². The maximum atomic E-state index is 10.1. The number of hydrogen-bond donors (Lipinski definition) is 2. The molecule has 0 saturated carbocycles. The number of aromatic nitrogens is 2. The predicted molar refractivity (Wildman–Crippen MR) is 85.9 cm³/mol. The lowest BCUT2D eigenvalue weighted by Gasteiger charge is -2.10. The van der Waals surface area contributed by atoms with Crippen LogP contribution in [-0.4, -0.2) is 22.9 Å². The smallest absolute Gasteiger partial charge is 0.205 e. The average Bonchev–Trinajstić information content (AvgIpc) is 2.82. The van der Waals surface area contributed by atoms with Gasteiger partial charge in [-0.3, -0.25) is 0 Å². The van der Waals surface area contributed by atoms with Crippen molar-refractivity contribution in [2.75, 3.05) is 6.61 Å². The molecular weight excluding hydrogens is 312 g/mol. The standard InChI is InChI=1S/C18H20N2O2.ClH/c1-13-9-14(2)20(19-13)11-17(21)12-22-18-8-7-15-5-3-4-6-16(15)10-18;/h3-10,17,21H,11-12H2,1-2H3;1H. The molecule has 122 valence electrons. The van der Waals surface area contributed by atoms with Gasteiger partial charge >= 0.3 is 0 Å². The molecule has 0 amide bonds. The highest BCUT2D eigenvalue weighted by Crippen LogP contribution is 2.20. The van der Waals surface area contributed by atoms with Gasteiger partial charge in [-0.05, 0) is 29.8 Å². The van der Waals surface area contributed by atoms with Gasteiger partial charge in [0.05, 0.1) is 5.69 Å². The number of ether oxygens (including phenoxy) is 1. The minimum atomic E-state index is -0.562. The van der Waals surface area contributed by atoms with E-state index in [-0.39, 0.29) is 19.0 Å². The van der Waals surface area contributed by atoms with Gasteiger partial charge in [-0.1, -0.05) is 30.3 Å². The third-order valence-corrected chi connectivity index (χ3v) is 3.72. The lowest BCUT2D eigenvalue weighted by atomic mass is 10.1. The SMILES string of the molecule is Cc1cc(C)[n+](CC(O)COc2ccc3ccccc3c2)[nH]1.[Cl-]. The molecule has 2 aromatic carbocycles. The second-order valence-electron chi connectivity index (χ2n) is 5.66. The number of aryl methyl sites for hydroxylation is 2. The number of halogens is 1. The molecule has 1 unspecified atom stereocenters. The summed E-state index contributed by atoms with van der Waals surface area (Å²) >= 11 is 0. The Labute approximate surface area is 142 Å². The van der Waals surface area contributed by atoms with Crippen LogP contribution in [0.25, 0.3) is 10.8 Å². The molecule has 0 aliphatic rings. The van der Waals surface area contributed by atoms with E-state index >= 15 is 0 Å². The Balaban J connectivity index is 0.00000192. The second kappa shape index (κ2) is 7.49. The predicted octanol–water partition coefficient (Wildman–Crippen LogP) is -0.484. The van der Waals surface area contributed by atoms with Crippen molar-refractivity contribution in [1.29, 1.82) is 0 Å². The van der Waals surface area contributed by atoms with E-state index in [9.17, 15) is 5.11 Å². The van der Waals surface area contributed by atoms with Crippen molar-refractivity contribution >= 4 is 10.8 Å². The summed E-state index contributed by atoms with van der Waals surface area (Å²) in [6.07, 6.45) is -0.562. The van der Waals surface area contributed by atoms with Gasteiger partial charge in [0.1, 0.15) is 18.5 Å². The van der Waals surface area contributed by atoms with Gasteiger partial charge in [0.25, 0.3) is 0 Å². The van der Waals surface area contributed by atoms with Gasteiger partial charge in [0.2, 0.25) is 12.2 Å². The lowest BCUT2D eigenvalue weighted by molar-refractivity contribution is -0.761. The summed E-state index contributed by atoms with van der Waals surface area (Å²) < 4.78 is 7.65. The summed E-state index contributed by atoms with van der Waals surface area (Å²) in [6.45, 7) is 4.78. The molecule has 5 heteroatoms. The number of aromatic amines is 1. The Hall–Kier alpha value is -2.04. The van der Waals surface area contributed by atoms with E-state index in [1.807, 2.05) is 48.9 Å². The van der Waals surface area contributed by atoms with Crippen molar-refractivity contribution in [2.24, 2.45) is 0 Å². The van der Waals surface area contributed by atoms with Gasteiger partial charge in [-0.2, -0.15) is 5.10 Å². The lowest BCUT2D eigenvalue weighted by Crippen LogP contribution is -3.00. The quantitative estimate of drug-likeness (QED) is 0.620. The van der Waals surface area contributed by atoms with E-state index in [0.29, 0.717) is 6.54 Å². The molecule has 0 aliphatic carbocycles. The first-order chi connectivity index (χ1) is 10.6. The second-order valence-corrected chi connectivity index (χ2v) is 5.66. The van der Waals surface area contributed by atoms with Crippen molar-refractivity contribution in [3.8, 4) is 5.75 Å². The van der Waals surface area contributed by atoms with Crippen molar-refractivity contribution in [1.82, 2.24) is 5.10 Å². The van der Waals surface area contributed by atoms with Crippen LogP contribution < -0.4 is 21.8 Å². The van der Waals surface area contributed by atoms with Crippen LogP contribution >= 0.6 is 0 Å². The van der Waals surface area contributed by atoms with Crippen LogP contribution in [0.1, 0.15) is 11.4 Å². The Morgan fingerprint density at radius 3 is 2.52 bits per heavy atom. The molecule has 0 saturated heterocycles. The molecule has 1 aromatic heterocycles. The van der Waals surface area contributed by atoms with E-state index < -0.39 is 6.10 Å². The highest BCUT2D eigenvalue weighted by atomic mass is 35.5. The van der Waals surface area contributed by atoms with Crippen LogP contribution in [0.15, 0.2) is 48.5 Å². The fourth-order valence-electron chi connectivity index (χ4n) is 2.63. The Bertz CT molecular complexity index is 786. The van der Waals surface area contributed by atoms with E-state index in [1.54, 1.807) is 0 Å². The van der Waals surface area contributed by atoms with Gasteiger partial charge in [0, 0.05) is 13.0 Å². The zero-order chi connectivity index (χ0) is 15.5. The van der Waals surface area contributed by atoms with Crippen LogP contribution in [0.2, 0.25) is 0 Å². The minimum Gasteiger partial charge on any atom is -1.00 e. The third-order valence-electron chi connectivity index (χ3n) is 3.72. The zero-order valence-corrected chi connectivity index (χ0v) is 14.0. The summed E-state index contributed by atoms with van der Waals surface area (Å²) in [4.78, 5) is 0. The van der Waals surface area contributed by atoms with E-state index in [2.05, 4.69) is 23.3 Å². The molecule has 1 atom stereocenters. The molecule has 0 radical (unpaired) electrons. The first-order valence-electron chi connectivity index (χ1n) is 7.47. The highest BCUT2D eigenvalue weighted by molar-refractivity contribution is 5.83. The van der Waals surface area contributed by atoms with Gasteiger partial charge in [-0.15, -0.1) is 4.68 Å². The molecule has 0 aliphatic heterocycles. The van der Waals surface area contributed by atoms with E-state index in [0.717, 1.165) is 22.5 Å². The van der Waals surface area contributed by atoms with Gasteiger partial charge < -0.3 is 22.3 Å². The summed E-state index contributed by atoms with van der Waals surface area (Å²) in [5.41, 5.74) is 2.18. The largest absolute Gasteiger partial charge is 1.00 e. The number of rotatable bonds is 5. The van der Waals surface area contributed by atoms with Crippen molar-refractivity contribution in [2.45, 2.75) is 26.5 Å². The highest BCUT2D eigenvalue weighted by Gasteiger charge is 2.16. The Morgan fingerprint density at radius 2 is 1.83 bits per heavy atom. The van der Waals surface area contributed by atoms with E-state index in [4.69, 9.17) is 4.74 Å². The minimum absolute atomic E-state index is 0. The molecule has 0 fully saturated rings. The number of hydrogen-bond acceptors (Lipinski definition) is 2. The first kappa shape index (κ1) is 17.3. The fourth-order valence-corrected chi connectivity index (χ4v) is 2.63. The molecule has 0 spiro atoms. The number of aliphatic hydroxyl groups is 1. The Kier molecular flexibility index (Phi) is 5.64. The topological polar surface area (TPSA) is 49.1 Å². The molecule has 2 N–H and O–H groups in total. The normalized spacial score (nSPS) is 12.0. The third kappa shape index (κ3) is 4.24. The van der Waals surface area contributed by atoms with Crippen LogP contribution in [0, 0.1) is 13.8 Å². The monoisotopic (exact) mass is 332 g/mol. The van der Waals surface area contributed by atoms with Crippen LogP contribution in [0.3, 0.4) is 0 Å². The number of H-pyrrole nitrogens is 1. The number of benzene rings is 2. The van der Waals surface area contributed by atoms with E-state index in [1.165, 1.54) is 5.39 Å². The molecule has 3 rings (SSSR count). The molecule has 23 heavy (non-hydrogen) atoms. The first-order valence-corrected chi connectivity index (χ1v) is 7.47. The van der Waals surface area contributed by atoms with Crippen LogP contribution in [-0.2, 0) is 6.54 Å². The molecule has 1 heterocycles. The zero-order valence-electron chi connectivity index (χ0n) is 13.3. The maximum Gasteiger partial charge on any atom is 0.205 e. The molecular formula is C18H21ClN2O2. The number of nitrogens with zero attached hydrogens (tertiary/aromatic N) is 1. The maximum absolute atomic E-state index is 10.1.